The van der Waals surface area contributed by atoms with Crippen LogP contribution in [-0.2, 0) is 13.0 Å². The molecule has 0 spiro atoms. The van der Waals surface area contributed by atoms with Crippen LogP contribution < -0.4 is 5.73 Å². The topological polar surface area (TPSA) is 54.7 Å². The van der Waals surface area contributed by atoms with Crippen molar-refractivity contribution in [3.63, 3.8) is 0 Å². The maximum Gasteiger partial charge on any atom is 0.0628 e. The molecule has 0 atom stereocenters. The van der Waals surface area contributed by atoms with Gasteiger partial charge in [0.15, 0.2) is 0 Å². The molecule has 0 aliphatic heterocycles. The second-order valence-electron chi connectivity index (χ2n) is 3.19. The van der Waals surface area contributed by atoms with Gasteiger partial charge in [-0.2, -0.15) is 5.10 Å². The van der Waals surface area contributed by atoms with Crippen molar-refractivity contribution < 1.29 is 0 Å². The third-order valence-electron chi connectivity index (χ3n) is 1.52. The van der Waals surface area contributed by atoms with E-state index in [1.165, 1.54) is 0 Å². The monoisotopic (exact) mass is 189 g/mol. The summed E-state index contributed by atoms with van der Waals surface area (Å²) in [6.45, 7) is 4.90. The molecule has 0 saturated heterocycles. The average molecular weight is 190 g/mol. The van der Waals surface area contributed by atoms with Gasteiger partial charge in [0, 0.05) is 12.2 Å². The molecule has 3 N–H and O–H groups in total. The number of nitrogens with two attached hydrogens (primary N) is 1. The molecule has 1 aromatic rings. The molecule has 0 bridgehead atoms. The van der Waals surface area contributed by atoms with Crippen molar-refractivity contribution in [3.8, 4) is 0 Å². The van der Waals surface area contributed by atoms with Crippen molar-refractivity contribution in [1.29, 1.82) is 0 Å². The van der Waals surface area contributed by atoms with Gasteiger partial charge in [-0.25, -0.2) is 0 Å². The van der Waals surface area contributed by atoms with E-state index in [1.807, 2.05) is 6.07 Å². The lowest BCUT2D eigenvalue weighted by Crippen LogP contribution is -1.95. The van der Waals surface area contributed by atoms with Gasteiger partial charge in [0.2, 0.25) is 0 Å². The van der Waals surface area contributed by atoms with Crippen LogP contribution in [0.5, 0.6) is 0 Å². The smallest absolute Gasteiger partial charge is 0.0628 e. The van der Waals surface area contributed by atoms with E-state index in [0.717, 1.165) is 17.8 Å². The summed E-state index contributed by atoms with van der Waals surface area (Å²) in [5, 5.41) is 7.01. The zero-order chi connectivity index (χ0) is 8.27. The van der Waals surface area contributed by atoms with E-state index in [9.17, 15) is 0 Å². The normalized spacial score (nSPS) is 10.0. The van der Waals surface area contributed by atoms with Crippen LogP contribution in [0.25, 0.3) is 0 Å². The molecule has 0 amide bonds. The van der Waals surface area contributed by atoms with Crippen LogP contribution in [0.3, 0.4) is 0 Å². The molecule has 3 nitrogen and oxygen atoms in total. The number of aromatic amines is 1. The van der Waals surface area contributed by atoms with E-state index in [2.05, 4.69) is 24.0 Å². The Labute approximate surface area is 79.1 Å². The predicted molar refractivity (Wildman–Crippen MR) is 52.3 cm³/mol. The molecular weight excluding hydrogens is 174 g/mol. The molecule has 12 heavy (non-hydrogen) atoms. The van der Waals surface area contributed by atoms with Crippen LogP contribution in [-0.4, -0.2) is 10.2 Å². The van der Waals surface area contributed by atoms with Gasteiger partial charge in [-0.15, -0.1) is 12.4 Å². The molecule has 0 unspecified atom stereocenters. The minimum absolute atomic E-state index is 0. The number of hydrogen-bond acceptors (Lipinski definition) is 2. The second-order valence-corrected chi connectivity index (χ2v) is 3.19. The van der Waals surface area contributed by atoms with E-state index in [1.54, 1.807) is 0 Å². The standard InChI is InChI=1S/C8H15N3.ClH/c1-6(2)3-7-4-8(5-9)11-10-7;/h4,6H,3,5,9H2,1-2H3,(H,10,11);1H. The number of aromatic nitrogens is 2. The molecule has 0 aromatic carbocycles. The summed E-state index contributed by atoms with van der Waals surface area (Å²) in [7, 11) is 0. The minimum atomic E-state index is 0. The first-order chi connectivity index (χ1) is 5.22. The summed E-state index contributed by atoms with van der Waals surface area (Å²) in [6.07, 6.45) is 1.02. The van der Waals surface area contributed by atoms with Gasteiger partial charge in [0.1, 0.15) is 0 Å². The lowest BCUT2D eigenvalue weighted by molar-refractivity contribution is 0.633. The Morgan fingerprint density at radius 2 is 2.25 bits per heavy atom. The quantitative estimate of drug-likeness (QED) is 0.757. The van der Waals surface area contributed by atoms with Crippen LogP contribution >= 0.6 is 12.4 Å². The molecule has 1 heterocycles. The van der Waals surface area contributed by atoms with Crippen molar-refractivity contribution in [1.82, 2.24) is 10.2 Å². The molecule has 1 rings (SSSR count). The number of halogens is 1. The van der Waals surface area contributed by atoms with Crippen molar-refractivity contribution in [2.75, 3.05) is 0 Å². The molecule has 0 saturated carbocycles. The molecule has 0 fully saturated rings. The fourth-order valence-corrected chi connectivity index (χ4v) is 1.04. The number of nitrogens with zero attached hydrogens (tertiary/aromatic N) is 1. The zero-order valence-electron chi connectivity index (χ0n) is 7.50. The zero-order valence-corrected chi connectivity index (χ0v) is 8.32. The lowest BCUT2D eigenvalue weighted by atomic mass is 10.1. The summed E-state index contributed by atoms with van der Waals surface area (Å²) in [4.78, 5) is 0. The summed E-state index contributed by atoms with van der Waals surface area (Å²) in [5.41, 5.74) is 7.55. The van der Waals surface area contributed by atoms with E-state index in [4.69, 9.17) is 5.73 Å². The second kappa shape index (κ2) is 5.17. The van der Waals surface area contributed by atoms with Crippen LogP contribution in [0.15, 0.2) is 6.07 Å². The summed E-state index contributed by atoms with van der Waals surface area (Å²) < 4.78 is 0. The van der Waals surface area contributed by atoms with Gasteiger partial charge in [-0.1, -0.05) is 13.8 Å². The number of hydrogen-bond donors (Lipinski definition) is 2. The number of nitrogens with one attached hydrogen (secondary N) is 1. The third-order valence-corrected chi connectivity index (χ3v) is 1.52. The van der Waals surface area contributed by atoms with E-state index >= 15 is 0 Å². The van der Waals surface area contributed by atoms with Crippen molar-refractivity contribution in [2.24, 2.45) is 11.7 Å². The predicted octanol–water partition coefficient (Wildman–Crippen LogP) is 1.49. The van der Waals surface area contributed by atoms with Gasteiger partial charge in [0.25, 0.3) is 0 Å². The number of H-pyrrole nitrogens is 1. The Kier molecular flexibility index (Phi) is 4.93. The molecule has 1 aromatic heterocycles. The Bertz CT molecular complexity index is 220. The highest BCUT2D eigenvalue weighted by Gasteiger charge is 2.01. The molecule has 4 heteroatoms. The fraction of sp³-hybridized carbons (Fsp3) is 0.625. The average Bonchev–Trinajstić information content (AvgIpc) is 2.34. The molecule has 70 valence electrons. The van der Waals surface area contributed by atoms with Gasteiger partial charge in [-0.3, -0.25) is 5.10 Å². The Hall–Kier alpha value is -0.540. The van der Waals surface area contributed by atoms with Gasteiger partial charge in [0.05, 0.1) is 5.69 Å². The number of rotatable bonds is 3. The maximum atomic E-state index is 5.42. The van der Waals surface area contributed by atoms with Crippen LogP contribution in [0.2, 0.25) is 0 Å². The van der Waals surface area contributed by atoms with E-state index < -0.39 is 0 Å². The third kappa shape index (κ3) is 3.24. The lowest BCUT2D eigenvalue weighted by Gasteiger charge is -1.97. The Balaban J connectivity index is 0.00000121. The first-order valence-corrected chi connectivity index (χ1v) is 3.95. The first kappa shape index (κ1) is 11.5. The highest BCUT2D eigenvalue weighted by molar-refractivity contribution is 5.85. The first-order valence-electron chi connectivity index (χ1n) is 3.95. The van der Waals surface area contributed by atoms with E-state index in [0.29, 0.717) is 12.5 Å². The highest BCUT2D eigenvalue weighted by Crippen LogP contribution is 2.05. The van der Waals surface area contributed by atoms with Gasteiger partial charge in [-0.05, 0) is 18.4 Å². The highest BCUT2D eigenvalue weighted by atomic mass is 35.5. The van der Waals surface area contributed by atoms with E-state index in [-0.39, 0.29) is 12.4 Å². The Morgan fingerprint density at radius 3 is 2.67 bits per heavy atom. The van der Waals surface area contributed by atoms with Crippen molar-refractivity contribution >= 4 is 12.4 Å². The van der Waals surface area contributed by atoms with Crippen LogP contribution in [0, 0.1) is 5.92 Å². The van der Waals surface area contributed by atoms with Crippen LogP contribution in [0.4, 0.5) is 0 Å². The van der Waals surface area contributed by atoms with Crippen LogP contribution in [0.1, 0.15) is 25.2 Å². The van der Waals surface area contributed by atoms with Gasteiger partial charge >= 0.3 is 0 Å². The fourth-order valence-electron chi connectivity index (χ4n) is 1.04. The van der Waals surface area contributed by atoms with Gasteiger partial charge < -0.3 is 5.73 Å². The van der Waals surface area contributed by atoms with Crippen molar-refractivity contribution in [3.05, 3.63) is 17.5 Å². The summed E-state index contributed by atoms with van der Waals surface area (Å²) in [5.74, 6) is 0.656. The Morgan fingerprint density at radius 1 is 1.58 bits per heavy atom. The van der Waals surface area contributed by atoms with Crippen molar-refractivity contribution in [2.45, 2.75) is 26.8 Å². The molecular formula is C8H16ClN3. The maximum absolute atomic E-state index is 5.42. The summed E-state index contributed by atoms with van der Waals surface area (Å²) in [6, 6.07) is 2.03. The summed E-state index contributed by atoms with van der Waals surface area (Å²) >= 11 is 0. The molecule has 0 radical (unpaired) electrons. The SMILES string of the molecule is CC(C)Cc1cc(CN)[nH]n1.Cl. The molecule has 0 aliphatic carbocycles. The largest absolute Gasteiger partial charge is 0.325 e. The minimum Gasteiger partial charge on any atom is -0.325 e. The molecule has 0 aliphatic rings.